The summed E-state index contributed by atoms with van der Waals surface area (Å²) in [5.41, 5.74) is 15.1. The van der Waals surface area contributed by atoms with E-state index in [0.717, 1.165) is 0 Å². The van der Waals surface area contributed by atoms with Gasteiger partial charge in [-0.2, -0.15) is 9.78 Å². The number of primary amides is 1. The largest absolute Gasteiger partial charge is 0.379 e. The van der Waals surface area contributed by atoms with Crippen LogP contribution in [0.25, 0.3) is 5.82 Å². The van der Waals surface area contributed by atoms with Gasteiger partial charge in [-0.3, -0.25) is 9.59 Å². The number of nitrogens with two attached hydrogens (primary N) is 2. The molecule has 0 saturated heterocycles. The lowest BCUT2D eigenvalue weighted by Gasteiger charge is -2.11. The van der Waals surface area contributed by atoms with Gasteiger partial charge in [-0.25, -0.2) is 10.1 Å². The number of nitrogens with one attached hydrogen (secondary N) is 2. The molecule has 172 valence electrons. The highest BCUT2D eigenvalue weighted by Crippen LogP contribution is 2.20. The lowest BCUT2D eigenvalue weighted by atomic mass is 10.1. The second-order valence-corrected chi connectivity index (χ2v) is 7.16. The van der Waals surface area contributed by atoms with Gasteiger partial charge in [0, 0.05) is 16.3 Å². The molecule has 0 aliphatic rings. The number of carbonyl (C=O) groups excluding carboxylic acids is 2. The Morgan fingerprint density at radius 1 is 1.15 bits per heavy atom. The van der Waals surface area contributed by atoms with Gasteiger partial charge in [0.2, 0.25) is 11.6 Å². The van der Waals surface area contributed by atoms with E-state index < -0.39 is 11.8 Å². The lowest BCUT2D eigenvalue weighted by molar-refractivity contribution is 0.0947. The van der Waals surface area contributed by atoms with Crippen LogP contribution in [0.4, 0.5) is 11.5 Å². The molecular weight excluding hydrogens is 464 g/mol. The van der Waals surface area contributed by atoms with Crippen molar-refractivity contribution in [2.24, 2.45) is 10.8 Å². The summed E-state index contributed by atoms with van der Waals surface area (Å²) >= 11 is 6.09. The number of amides is 2. The van der Waals surface area contributed by atoms with E-state index in [1.165, 1.54) is 10.9 Å². The number of hydrazone groups is 1. The predicted molar refractivity (Wildman–Crippen MR) is 122 cm³/mol. The highest BCUT2D eigenvalue weighted by atomic mass is 35.5. The monoisotopic (exact) mass is 480 g/mol. The molecule has 4 rings (SSSR count). The minimum Gasteiger partial charge on any atom is -0.379 e. The summed E-state index contributed by atoms with van der Waals surface area (Å²) in [4.78, 5) is 24.6. The lowest BCUT2D eigenvalue weighted by Crippen LogP contribution is -2.22. The normalized spacial score (nSPS) is 11.0. The van der Waals surface area contributed by atoms with Gasteiger partial charge in [0.15, 0.2) is 5.69 Å². The zero-order valence-electron chi connectivity index (χ0n) is 17.3. The van der Waals surface area contributed by atoms with E-state index in [4.69, 9.17) is 23.1 Å². The van der Waals surface area contributed by atoms with Gasteiger partial charge in [-0.05, 0) is 28.5 Å². The minimum absolute atomic E-state index is 0.0133. The second-order valence-electron chi connectivity index (χ2n) is 6.75. The number of nitrogen functional groups attached to an aromatic ring is 1. The van der Waals surface area contributed by atoms with Crippen molar-refractivity contribution in [3.63, 3.8) is 0 Å². The Hall–Kier alpha value is -4.78. The fraction of sp³-hybridized carbons (Fsp3) is 0.0500. The van der Waals surface area contributed by atoms with Crippen LogP contribution in [0.5, 0.6) is 0 Å². The summed E-state index contributed by atoms with van der Waals surface area (Å²) in [6.45, 7) is -0.0133. The average molecular weight is 481 g/mol. The van der Waals surface area contributed by atoms with Gasteiger partial charge in [-0.15, -0.1) is 5.10 Å². The number of halogens is 1. The summed E-state index contributed by atoms with van der Waals surface area (Å²) in [6, 6.07) is 13.6. The number of hydrogen-bond donors (Lipinski definition) is 4. The topological polar surface area (TPSA) is 192 Å². The van der Waals surface area contributed by atoms with Crippen LogP contribution < -0.4 is 22.2 Å². The van der Waals surface area contributed by atoms with Crippen molar-refractivity contribution >= 4 is 41.1 Å². The first-order chi connectivity index (χ1) is 16.5. The molecule has 2 heterocycles. The molecule has 2 amide bonds. The highest BCUT2D eigenvalue weighted by Gasteiger charge is 2.24. The SMILES string of the molecule is NC(=O)c1ccccc1NCc1c(C(=O)N/N=C/c2ccccc2Cl)nnn1-c1nonc1N. The van der Waals surface area contributed by atoms with Gasteiger partial charge in [0.1, 0.15) is 0 Å². The quantitative estimate of drug-likeness (QED) is 0.213. The van der Waals surface area contributed by atoms with Crippen LogP contribution in [0, 0.1) is 0 Å². The summed E-state index contributed by atoms with van der Waals surface area (Å²) in [5.74, 6) is -1.31. The zero-order chi connectivity index (χ0) is 24.1. The number of aromatic nitrogens is 5. The molecule has 0 spiro atoms. The maximum absolute atomic E-state index is 12.8. The smallest absolute Gasteiger partial charge is 0.293 e. The minimum atomic E-state index is -0.662. The van der Waals surface area contributed by atoms with Crippen LogP contribution in [-0.2, 0) is 6.54 Å². The number of nitrogens with zero attached hydrogens (tertiary/aromatic N) is 6. The fourth-order valence-electron chi connectivity index (χ4n) is 2.97. The molecule has 0 aliphatic heterocycles. The molecule has 2 aromatic heterocycles. The first kappa shape index (κ1) is 22.4. The third-order valence-electron chi connectivity index (χ3n) is 4.59. The summed E-state index contributed by atoms with van der Waals surface area (Å²) in [5, 5.41) is 22.5. The van der Waals surface area contributed by atoms with Gasteiger partial charge >= 0.3 is 0 Å². The first-order valence-corrected chi connectivity index (χ1v) is 10.1. The molecule has 0 unspecified atom stereocenters. The van der Waals surface area contributed by atoms with E-state index in [2.05, 4.69) is 41.1 Å². The standard InChI is InChI=1S/C20H17ClN10O3/c21-13-7-3-1-5-11(13)9-25-27-20(33)16-15(31(30-26-16)19-17(22)28-34-29-19)10-24-14-8-4-2-6-12(14)18(23)32/h1-9,24H,10H2,(H2,22,28)(H2,23,32)(H,27,33)/b25-9+. The Kier molecular flexibility index (Phi) is 6.45. The third kappa shape index (κ3) is 4.68. The number of carbonyl (C=O) groups is 2. The molecule has 6 N–H and O–H groups in total. The summed E-state index contributed by atoms with van der Waals surface area (Å²) in [7, 11) is 0. The molecule has 0 atom stereocenters. The van der Waals surface area contributed by atoms with Crippen molar-refractivity contribution < 1.29 is 14.2 Å². The van der Waals surface area contributed by atoms with Crippen LogP contribution in [0.3, 0.4) is 0 Å². The van der Waals surface area contributed by atoms with Crippen molar-refractivity contribution in [2.75, 3.05) is 11.1 Å². The van der Waals surface area contributed by atoms with E-state index in [1.54, 1.807) is 48.5 Å². The van der Waals surface area contributed by atoms with Gasteiger partial charge in [0.05, 0.1) is 24.0 Å². The molecule has 0 saturated carbocycles. The number of anilines is 2. The molecule has 0 radical (unpaired) electrons. The summed E-state index contributed by atoms with van der Waals surface area (Å²) < 4.78 is 5.82. The van der Waals surface area contributed by atoms with Crippen LogP contribution in [-0.4, -0.2) is 43.3 Å². The number of hydrogen-bond acceptors (Lipinski definition) is 10. The number of para-hydroxylation sites is 1. The number of rotatable bonds is 8. The van der Waals surface area contributed by atoms with Crippen molar-refractivity contribution in [3.05, 3.63) is 76.1 Å². The van der Waals surface area contributed by atoms with Crippen molar-refractivity contribution in [1.29, 1.82) is 0 Å². The van der Waals surface area contributed by atoms with E-state index in [-0.39, 0.29) is 35.1 Å². The summed E-state index contributed by atoms with van der Waals surface area (Å²) in [6.07, 6.45) is 1.39. The van der Waals surface area contributed by atoms with Crippen molar-refractivity contribution in [1.82, 2.24) is 30.7 Å². The molecular formula is C20H17ClN10O3. The first-order valence-electron chi connectivity index (χ1n) is 9.69. The molecule has 14 heteroatoms. The average Bonchev–Trinajstić information content (AvgIpc) is 3.44. The van der Waals surface area contributed by atoms with Gasteiger partial charge in [-0.1, -0.05) is 47.1 Å². The van der Waals surface area contributed by atoms with Crippen molar-refractivity contribution in [3.8, 4) is 5.82 Å². The van der Waals surface area contributed by atoms with E-state index in [9.17, 15) is 9.59 Å². The molecule has 0 fully saturated rings. The van der Waals surface area contributed by atoms with Crippen LogP contribution >= 0.6 is 11.6 Å². The zero-order valence-corrected chi connectivity index (χ0v) is 18.1. The Labute approximate surface area is 196 Å². The van der Waals surface area contributed by atoms with E-state index >= 15 is 0 Å². The van der Waals surface area contributed by atoms with E-state index in [1.807, 2.05) is 0 Å². The highest BCUT2D eigenvalue weighted by molar-refractivity contribution is 6.33. The molecule has 4 aromatic rings. The molecule has 2 aromatic carbocycles. The number of benzene rings is 2. The van der Waals surface area contributed by atoms with Crippen molar-refractivity contribution in [2.45, 2.75) is 6.54 Å². The Morgan fingerprint density at radius 2 is 1.91 bits per heavy atom. The van der Waals surface area contributed by atoms with Gasteiger partial charge < -0.3 is 16.8 Å². The Morgan fingerprint density at radius 3 is 2.65 bits per heavy atom. The van der Waals surface area contributed by atoms with E-state index in [0.29, 0.717) is 16.3 Å². The maximum Gasteiger partial charge on any atom is 0.293 e. The fourth-order valence-corrected chi connectivity index (χ4v) is 3.15. The van der Waals surface area contributed by atoms with Gasteiger partial charge in [0.25, 0.3) is 11.8 Å². The molecule has 0 aliphatic carbocycles. The predicted octanol–water partition coefficient (Wildman–Crippen LogP) is 1.36. The van der Waals surface area contributed by atoms with Crippen LogP contribution in [0.2, 0.25) is 5.02 Å². The Balaban J connectivity index is 1.62. The second kappa shape index (κ2) is 9.79. The maximum atomic E-state index is 12.8. The third-order valence-corrected chi connectivity index (χ3v) is 4.93. The van der Waals surface area contributed by atoms with Crippen LogP contribution in [0.1, 0.15) is 32.1 Å². The molecule has 13 nitrogen and oxygen atoms in total. The molecule has 34 heavy (non-hydrogen) atoms. The Bertz CT molecular complexity index is 1380. The molecule has 0 bridgehead atoms. The van der Waals surface area contributed by atoms with Crippen LogP contribution in [0.15, 0.2) is 58.3 Å².